The first kappa shape index (κ1) is 20.5. The second-order valence-corrected chi connectivity index (χ2v) is 7.68. The topological polar surface area (TPSA) is 70.2 Å². The van der Waals surface area contributed by atoms with Crippen molar-refractivity contribution in [3.8, 4) is 0 Å². The molecule has 0 unspecified atom stereocenters. The van der Waals surface area contributed by atoms with E-state index < -0.39 is 0 Å². The van der Waals surface area contributed by atoms with Crippen molar-refractivity contribution in [3.63, 3.8) is 0 Å². The van der Waals surface area contributed by atoms with Gasteiger partial charge in [-0.1, -0.05) is 54.6 Å². The number of anilines is 2. The summed E-state index contributed by atoms with van der Waals surface area (Å²) in [5.41, 5.74) is 1.69. The minimum atomic E-state index is -0.249. The van der Waals surface area contributed by atoms with Gasteiger partial charge in [0.2, 0.25) is 5.91 Å². The summed E-state index contributed by atoms with van der Waals surface area (Å²) in [6, 6.07) is 12.4. The lowest BCUT2D eigenvalue weighted by Gasteiger charge is -2.22. The van der Waals surface area contributed by atoms with Crippen LogP contribution in [0.15, 0.2) is 42.5 Å². The highest BCUT2D eigenvalue weighted by Gasteiger charge is 2.17. The lowest BCUT2D eigenvalue weighted by atomic mass is 9.95. The molecule has 0 aromatic heterocycles. The quantitative estimate of drug-likeness (QED) is 0.609. The minimum absolute atomic E-state index is 0.0263. The zero-order valence-corrected chi connectivity index (χ0v) is 16.9. The van der Waals surface area contributed by atoms with Crippen LogP contribution >= 0.6 is 23.2 Å². The molecule has 3 N–H and O–H groups in total. The van der Waals surface area contributed by atoms with Gasteiger partial charge in [0.15, 0.2) is 0 Å². The van der Waals surface area contributed by atoms with Gasteiger partial charge in [0.25, 0.3) is 5.91 Å². The van der Waals surface area contributed by atoms with Crippen molar-refractivity contribution in [1.82, 2.24) is 5.32 Å². The van der Waals surface area contributed by atoms with E-state index in [2.05, 4.69) is 16.0 Å². The number of carbonyl (C=O) groups excluding carboxylic acids is 2. The van der Waals surface area contributed by atoms with Crippen molar-refractivity contribution in [2.24, 2.45) is 0 Å². The number of hydrogen-bond acceptors (Lipinski definition) is 3. The highest BCUT2D eigenvalue weighted by Crippen LogP contribution is 2.29. The Morgan fingerprint density at radius 3 is 2.54 bits per heavy atom. The average Bonchev–Trinajstić information content (AvgIpc) is 2.70. The molecule has 1 aliphatic rings. The fourth-order valence-electron chi connectivity index (χ4n) is 3.27. The summed E-state index contributed by atoms with van der Waals surface area (Å²) in [5.74, 6) is -0.354. The molecule has 2 aromatic carbocycles. The third-order valence-electron chi connectivity index (χ3n) is 4.74. The van der Waals surface area contributed by atoms with Crippen LogP contribution in [0.3, 0.4) is 0 Å². The fraction of sp³-hybridized carbons (Fsp3) is 0.333. The molecule has 2 amide bonds. The van der Waals surface area contributed by atoms with Gasteiger partial charge in [-0.15, -0.1) is 0 Å². The summed E-state index contributed by atoms with van der Waals surface area (Å²) in [6.07, 6.45) is 5.61. The summed E-state index contributed by atoms with van der Waals surface area (Å²) in [5, 5.41) is 9.62. The molecule has 7 heteroatoms. The van der Waals surface area contributed by atoms with Gasteiger partial charge in [0, 0.05) is 17.3 Å². The van der Waals surface area contributed by atoms with Crippen LogP contribution in [0.4, 0.5) is 11.4 Å². The Kier molecular flexibility index (Phi) is 7.18. The highest BCUT2D eigenvalue weighted by atomic mass is 35.5. The molecule has 0 spiro atoms. The van der Waals surface area contributed by atoms with Crippen molar-refractivity contribution in [2.75, 3.05) is 17.2 Å². The largest absolute Gasteiger partial charge is 0.375 e. The minimum Gasteiger partial charge on any atom is -0.375 e. The van der Waals surface area contributed by atoms with Gasteiger partial charge in [0.1, 0.15) is 0 Å². The second kappa shape index (κ2) is 9.80. The molecule has 0 saturated heterocycles. The molecule has 0 atom stereocenters. The lowest BCUT2D eigenvalue weighted by molar-refractivity contribution is -0.114. The number of nitrogens with one attached hydrogen (secondary N) is 3. The summed E-state index contributed by atoms with van der Waals surface area (Å²) < 4.78 is 0. The Balaban J connectivity index is 1.55. The normalized spacial score (nSPS) is 14.4. The average molecular weight is 420 g/mol. The van der Waals surface area contributed by atoms with Gasteiger partial charge in [-0.05, 0) is 43.2 Å². The third-order valence-corrected chi connectivity index (χ3v) is 5.56. The Morgan fingerprint density at radius 1 is 1.00 bits per heavy atom. The Morgan fingerprint density at radius 2 is 1.75 bits per heavy atom. The number of rotatable bonds is 6. The van der Waals surface area contributed by atoms with E-state index in [9.17, 15) is 9.59 Å². The molecule has 0 bridgehead atoms. The predicted octanol–water partition coefficient (Wildman–Crippen LogP) is 5.11. The van der Waals surface area contributed by atoms with E-state index in [4.69, 9.17) is 23.2 Å². The molecular formula is C21H23Cl2N3O2. The zero-order valence-electron chi connectivity index (χ0n) is 15.4. The number of amides is 2. The van der Waals surface area contributed by atoms with E-state index in [1.165, 1.54) is 6.42 Å². The summed E-state index contributed by atoms with van der Waals surface area (Å²) in [6.45, 7) is 0.0263. The predicted molar refractivity (Wildman–Crippen MR) is 114 cm³/mol. The second-order valence-electron chi connectivity index (χ2n) is 6.89. The lowest BCUT2D eigenvalue weighted by Crippen LogP contribution is -2.36. The van der Waals surface area contributed by atoms with Crippen molar-refractivity contribution in [2.45, 2.75) is 38.1 Å². The smallest absolute Gasteiger partial charge is 0.251 e. The van der Waals surface area contributed by atoms with Gasteiger partial charge in [-0.3, -0.25) is 9.59 Å². The first-order valence-corrected chi connectivity index (χ1v) is 10.2. The van der Waals surface area contributed by atoms with Crippen LogP contribution < -0.4 is 16.0 Å². The Labute approximate surface area is 174 Å². The van der Waals surface area contributed by atoms with E-state index in [0.717, 1.165) is 25.7 Å². The Bertz CT molecular complexity index is 851. The standard InChI is InChI=1S/C21H23Cl2N3O2/c22-17-10-5-11-18(20(17)23)24-13-19(27)25-16-9-4-6-14(12-16)21(28)26-15-7-2-1-3-8-15/h4-6,9-12,15,24H,1-3,7-8,13H2,(H,25,27)(H,26,28). The fourth-order valence-corrected chi connectivity index (χ4v) is 3.64. The molecule has 28 heavy (non-hydrogen) atoms. The van der Waals surface area contributed by atoms with E-state index >= 15 is 0 Å². The van der Waals surface area contributed by atoms with Gasteiger partial charge in [-0.25, -0.2) is 0 Å². The maximum atomic E-state index is 12.5. The number of halogens is 2. The molecule has 3 rings (SSSR count). The molecule has 0 radical (unpaired) electrons. The molecule has 2 aromatic rings. The SMILES string of the molecule is O=C(CNc1cccc(Cl)c1Cl)Nc1cccc(C(=O)NC2CCCCC2)c1. The molecule has 5 nitrogen and oxygen atoms in total. The van der Waals surface area contributed by atoms with Crippen LogP contribution in [0.2, 0.25) is 10.0 Å². The zero-order chi connectivity index (χ0) is 19.9. The monoisotopic (exact) mass is 419 g/mol. The van der Waals surface area contributed by atoms with E-state index in [-0.39, 0.29) is 24.4 Å². The van der Waals surface area contributed by atoms with Gasteiger partial charge < -0.3 is 16.0 Å². The number of carbonyl (C=O) groups is 2. The van der Waals surface area contributed by atoms with Crippen LogP contribution in [0, 0.1) is 0 Å². The molecule has 0 aliphatic heterocycles. The molecule has 148 valence electrons. The van der Waals surface area contributed by atoms with Crippen molar-refractivity contribution < 1.29 is 9.59 Å². The first-order chi connectivity index (χ1) is 13.5. The molecule has 0 heterocycles. The summed E-state index contributed by atoms with van der Waals surface area (Å²) >= 11 is 12.1. The van der Waals surface area contributed by atoms with E-state index in [1.807, 2.05) is 0 Å². The van der Waals surface area contributed by atoms with Crippen LogP contribution in [0.1, 0.15) is 42.5 Å². The van der Waals surface area contributed by atoms with Crippen molar-refractivity contribution in [3.05, 3.63) is 58.1 Å². The van der Waals surface area contributed by atoms with Gasteiger partial charge in [-0.2, -0.15) is 0 Å². The summed E-state index contributed by atoms with van der Waals surface area (Å²) in [4.78, 5) is 24.7. The van der Waals surface area contributed by atoms with E-state index in [1.54, 1.807) is 42.5 Å². The maximum Gasteiger partial charge on any atom is 0.251 e. The summed E-state index contributed by atoms with van der Waals surface area (Å²) in [7, 11) is 0. The van der Waals surface area contributed by atoms with Gasteiger partial charge in [0.05, 0.1) is 22.3 Å². The first-order valence-electron chi connectivity index (χ1n) is 9.41. The van der Waals surface area contributed by atoms with Crippen molar-refractivity contribution in [1.29, 1.82) is 0 Å². The van der Waals surface area contributed by atoms with Crippen LogP contribution in [-0.4, -0.2) is 24.4 Å². The van der Waals surface area contributed by atoms with Gasteiger partial charge >= 0.3 is 0 Å². The highest BCUT2D eigenvalue weighted by molar-refractivity contribution is 6.43. The maximum absolute atomic E-state index is 12.5. The number of benzene rings is 2. The van der Waals surface area contributed by atoms with Crippen LogP contribution in [0.25, 0.3) is 0 Å². The molecule has 1 fully saturated rings. The van der Waals surface area contributed by atoms with E-state index in [0.29, 0.717) is 27.0 Å². The number of hydrogen-bond donors (Lipinski definition) is 3. The molecule has 1 saturated carbocycles. The van der Waals surface area contributed by atoms with Crippen LogP contribution in [-0.2, 0) is 4.79 Å². The van der Waals surface area contributed by atoms with Crippen LogP contribution in [0.5, 0.6) is 0 Å². The van der Waals surface area contributed by atoms with Crippen molar-refractivity contribution >= 4 is 46.4 Å². The molecular weight excluding hydrogens is 397 g/mol. The Hall–Kier alpha value is -2.24. The third kappa shape index (κ3) is 5.63. The molecule has 1 aliphatic carbocycles.